The van der Waals surface area contributed by atoms with Gasteiger partial charge in [-0.1, -0.05) is 30.3 Å². The number of nitrogens with one attached hydrogen (secondary N) is 1. The molecule has 2 aromatic heterocycles. The van der Waals surface area contributed by atoms with Gasteiger partial charge in [0.2, 0.25) is 5.91 Å². The van der Waals surface area contributed by atoms with E-state index in [1.165, 1.54) is 0 Å². The van der Waals surface area contributed by atoms with Gasteiger partial charge in [-0.3, -0.25) is 4.79 Å². The smallest absolute Gasteiger partial charge is 0.329 e. The number of carboxylic acid groups (broad SMARTS) is 1. The molecule has 10 nitrogen and oxygen atoms in total. The number of carbonyl (C=O) groups excluding carboxylic acids is 1. The summed E-state index contributed by atoms with van der Waals surface area (Å²) in [4.78, 5) is 41.2. The Balaban J connectivity index is 0.00000256. The summed E-state index contributed by atoms with van der Waals surface area (Å²) in [5.74, 6) is -0.00827. The lowest BCUT2D eigenvalue weighted by Crippen LogP contribution is -2.41. The number of fused-ring (bicyclic) bond motifs is 1. The van der Waals surface area contributed by atoms with E-state index in [0.717, 1.165) is 12.0 Å². The summed E-state index contributed by atoms with van der Waals surface area (Å²) in [5.41, 5.74) is 7.39. The SMILES string of the molecule is NC(=O)[C@@H]1CCCN1c1nc(-c2ccccc2)nc2nc(COCC(=O)O)[nH]c12.S. The number of ether oxygens (including phenoxy) is 1. The van der Waals surface area contributed by atoms with Crippen LogP contribution in [0.3, 0.4) is 0 Å². The molecule has 0 unspecified atom stereocenters. The van der Waals surface area contributed by atoms with E-state index < -0.39 is 24.5 Å². The van der Waals surface area contributed by atoms with E-state index in [0.29, 0.717) is 41.6 Å². The van der Waals surface area contributed by atoms with Crippen molar-refractivity contribution in [1.29, 1.82) is 0 Å². The minimum atomic E-state index is -1.06. The fourth-order valence-corrected chi connectivity index (χ4v) is 3.47. The number of imidazole rings is 1. The molecule has 11 heteroatoms. The molecule has 0 saturated carbocycles. The van der Waals surface area contributed by atoms with Gasteiger partial charge >= 0.3 is 5.97 Å². The van der Waals surface area contributed by atoms with Crippen molar-refractivity contribution in [3.8, 4) is 11.4 Å². The van der Waals surface area contributed by atoms with Gasteiger partial charge in [0.1, 0.15) is 30.6 Å². The summed E-state index contributed by atoms with van der Waals surface area (Å²) >= 11 is 0. The molecule has 30 heavy (non-hydrogen) atoms. The number of aliphatic carboxylic acids is 1. The number of carbonyl (C=O) groups is 2. The number of aromatic amines is 1. The van der Waals surface area contributed by atoms with Crippen molar-refractivity contribution in [3.05, 3.63) is 36.2 Å². The van der Waals surface area contributed by atoms with Crippen LogP contribution < -0.4 is 10.6 Å². The third-order valence-corrected chi connectivity index (χ3v) is 4.73. The lowest BCUT2D eigenvalue weighted by molar-refractivity contribution is -0.142. The molecule has 4 rings (SSSR count). The monoisotopic (exact) mass is 430 g/mol. The van der Waals surface area contributed by atoms with E-state index in [4.69, 9.17) is 20.6 Å². The van der Waals surface area contributed by atoms with Crippen molar-refractivity contribution in [3.63, 3.8) is 0 Å². The predicted molar refractivity (Wildman–Crippen MR) is 114 cm³/mol. The van der Waals surface area contributed by atoms with Crippen LogP contribution in [0.2, 0.25) is 0 Å². The Bertz CT molecular complexity index is 1060. The fraction of sp³-hybridized carbons (Fsp3) is 0.316. The van der Waals surface area contributed by atoms with E-state index in [1.807, 2.05) is 35.2 Å². The number of rotatable bonds is 7. The fourth-order valence-electron chi connectivity index (χ4n) is 3.47. The molecule has 1 fully saturated rings. The second-order valence-electron chi connectivity index (χ2n) is 6.76. The minimum absolute atomic E-state index is 0. The number of carboxylic acids is 1. The molecule has 158 valence electrons. The normalized spacial score (nSPS) is 15.9. The molecule has 4 N–H and O–H groups in total. The van der Waals surface area contributed by atoms with Crippen LogP contribution in [0.5, 0.6) is 0 Å². The Morgan fingerprint density at radius 1 is 1.23 bits per heavy atom. The first-order chi connectivity index (χ1) is 14.0. The van der Waals surface area contributed by atoms with Crippen molar-refractivity contribution < 1.29 is 19.4 Å². The highest BCUT2D eigenvalue weighted by molar-refractivity contribution is 7.59. The van der Waals surface area contributed by atoms with Crippen molar-refractivity contribution in [1.82, 2.24) is 19.9 Å². The predicted octanol–water partition coefficient (Wildman–Crippen LogP) is 1.19. The van der Waals surface area contributed by atoms with E-state index in [9.17, 15) is 9.59 Å². The van der Waals surface area contributed by atoms with Crippen LogP contribution in [-0.4, -0.2) is 56.1 Å². The lowest BCUT2D eigenvalue weighted by atomic mass is 10.2. The van der Waals surface area contributed by atoms with Gasteiger partial charge in [0.15, 0.2) is 17.3 Å². The first-order valence-corrected chi connectivity index (χ1v) is 9.20. The van der Waals surface area contributed by atoms with Crippen LogP contribution in [0.1, 0.15) is 18.7 Å². The quantitative estimate of drug-likeness (QED) is 0.506. The molecule has 3 aromatic rings. The molecule has 3 heterocycles. The molecule has 1 atom stereocenters. The number of hydrogen-bond donors (Lipinski definition) is 3. The Labute approximate surface area is 178 Å². The maximum absolute atomic E-state index is 11.9. The van der Waals surface area contributed by atoms with E-state index >= 15 is 0 Å². The molecule has 1 amide bonds. The van der Waals surface area contributed by atoms with Gasteiger partial charge in [-0.05, 0) is 12.8 Å². The topological polar surface area (TPSA) is 147 Å². The Morgan fingerprint density at radius 2 is 2.00 bits per heavy atom. The number of hydrogen-bond acceptors (Lipinski definition) is 7. The molecule has 0 bridgehead atoms. The standard InChI is InChI=1S/C19H20N6O4.H2S/c20-16(28)12-7-4-8-25(12)19-15-18(22-13(21-15)9-29-10-14(26)27)23-17(24-19)11-5-2-1-3-6-11;/h1-3,5-6,12H,4,7-10H2,(H2,20,28)(H,26,27)(H,21,22,23,24);1H2/t12-;/m0./s1. The van der Waals surface area contributed by atoms with Crippen molar-refractivity contribution >= 4 is 42.4 Å². The summed E-state index contributed by atoms with van der Waals surface area (Å²) in [7, 11) is 0. The molecule has 0 spiro atoms. The third kappa shape index (κ3) is 4.36. The number of nitrogens with zero attached hydrogens (tertiary/aromatic N) is 4. The number of anilines is 1. The van der Waals surface area contributed by atoms with Gasteiger partial charge in [-0.2, -0.15) is 13.5 Å². The molecule has 1 saturated heterocycles. The van der Waals surface area contributed by atoms with E-state index in [2.05, 4.69) is 15.0 Å². The zero-order valence-corrected chi connectivity index (χ0v) is 17.0. The number of amides is 1. The van der Waals surface area contributed by atoms with Gasteiger partial charge < -0.3 is 25.5 Å². The zero-order valence-electron chi connectivity index (χ0n) is 16.0. The average molecular weight is 430 g/mol. The van der Waals surface area contributed by atoms with Crippen LogP contribution in [0, 0.1) is 0 Å². The molecule has 1 aromatic carbocycles. The number of aromatic nitrogens is 4. The highest BCUT2D eigenvalue weighted by Gasteiger charge is 2.32. The molecule has 0 radical (unpaired) electrons. The molecular weight excluding hydrogens is 408 g/mol. The highest BCUT2D eigenvalue weighted by atomic mass is 32.1. The number of benzene rings is 1. The third-order valence-electron chi connectivity index (χ3n) is 4.73. The highest BCUT2D eigenvalue weighted by Crippen LogP contribution is 2.31. The van der Waals surface area contributed by atoms with Gasteiger partial charge in [0, 0.05) is 12.1 Å². The van der Waals surface area contributed by atoms with E-state index in [-0.39, 0.29) is 20.1 Å². The minimum Gasteiger partial charge on any atom is -0.480 e. The zero-order chi connectivity index (χ0) is 20.4. The first kappa shape index (κ1) is 21.5. The van der Waals surface area contributed by atoms with Gasteiger partial charge in [-0.25, -0.2) is 19.7 Å². The second kappa shape index (κ2) is 9.09. The van der Waals surface area contributed by atoms with Crippen LogP contribution in [0.4, 0.5) is 5.82 Å². The summed E-state index contributed by atoms with van der Waals surface area (Å²) in [6.07, 6.45) is 1.48. The average Bonchev–Trinajstić information content (AvgIpc) is 3.34. The van der Waals surface area contributed by atoms with Gasteiger partial charge in [0.25, 0.3) is 0 Å². The van der Waals surface area contributed by atoms with Crippen molar-refractivity contribution in [2.75, 3.05) is 18.1 Å². The summed E-state index contributed by atoms with van der Waals surface area (Å²) in [6.45, 7) is 0.195. The first-order valence-electron chi connectivity index (χ1n) is 9.20. The van der Waals surface area contributed by atoms with Crippen LogP contribution in [0.25, 0.3) is 22.6 Å². The van der Waals surface area contributed by atoms with Crippen LogP contribution >= 0.6 is 13.5 Å². The maximum Gasteiger partial charge on any atom is 0.329 e. The molecular formula is C19H22N6O4S. The van der Waals surface area contributed by atoms with Crippen molar-refractivity contribution in [2.45, 2.75) is 25.5 Å². The largest absolute Gasteiger partial charge is 0.480 e. The van der Waals surface area contributed by atoms with E-state index in [1.54, 1.807) is 0 Å². The van der Waals surface area contributed by atoms with Gasteiger partial charge in [-0.15, -0.1) is 0 Å². The Kier molecular flexibility index (Phi) is 6.53. The van der Waals surface area contributed by atoms with Crippen LogP contribution in [0.15, 0.2) is 30.3 Å². The van der Waals surface area contributed by atoms with Gasteiger partial charge in [0.05, 0.1) is 0 Å². The summed E-state index contributed by atoms with van der Waals surface area (Å²) in [5, 5.41) is 8.73. The van der Waals surface area contributed by atoms with Crippen LogP contribution in [-0.2, 0) is 20.9 Å². The second-order valence-corrected chi connectivity index (χ2v) is 6.76. The Morgan fingerprint density at radius 3 is 2.70 bits per heavy atom. The summed E-state index contributed by atoms with van der Waals surface area (Å²) < 4.78 is 5.12. The molecule has 0 aliphatic carbocycles. The lowest BCUT2D eigenvalue weighted by Gasteiger charge is -2.23. The maximum atomic E-state index is 11.9. The number of nitrogens with two attached hydrogens (primary N) is 1. The number of H-pyrrole nitrogens is 1. The molecule has 1 aliphatic heterocycles. The Hall–Kier alpha value is -3.18. The number of primary amides is 1. The summed E-state index contributed by atoms with van der Waals surface area (Å²) in [6, 6.07) is 9.01. The van der Waals surface area contributed by atoms with Crippen molar-refractivity contribution in [2.24, 2.45) is 5.73 Å². The molecule has 1 aliphatic rings.